The van der Waals surface area contributed by atoms with Crippen LogP contribution in [0.2, 0.25) is 0 Å². The Hall–Kier alpha value is -3.66. The van der Waals surface area contributed by atoms with Gasteiger partial charge in [0.2, 0.25) is 0 Å². The van der Waals surface area contributed by atoms with Crippen molar-refractivity contribution in [1.29, 1.82) is 0 Å². The predicted molar refractivity (Wildman–Crippen MR) is 106 cm³/mol. The summed E-state index contributed by atoms with van der Waals surface area (Å²) < 4.78 is 4.74. The number of carbonyl (C=O) groups excluding carboxylic acids is 1. The summed E-state index contributed by atoms with van der Waals surface area (Å²) in [5, 5.41) is 11.2. The topological polar surface area (TPSA) is 59.4 Å². The van der Waals surface area contributed by atoms with Crippen LogP contribution in [0.4, 0.5) is 0 Å². The first-order valence-electron chi connectivity index (χ1n) is 8.54. The molecule has 0 amide bonds. The third kappa shape index (κ3) is 3.13. The highest BCUT2D eigenvalue weighted by molar-refractivity contribution is 5.99. The van der Waals surface area contributed by atoms with E-state index in [-0.39, 0.29) is 11.7 Å². The third-order valence-corrected chi connectivity index (χ3v) is 4.50. The molecule has 27 heavy (non-hydrogen) atoms. The molecule has 0 spiro atoms. The van der Waals surface area contributed by atoms with Crippen LogP contribution in [-0.2, 0) is 4.74 Å². The summed E-state index contributed by atoms with van der Waals surface area (Å²) in [6.07, 6.45) is 0. The number of ether oxygens (including phenoxy) is 1. The van der Waals surface area contributed by atoms with Crippen molar-refractivity contribution in [3.05, 3.63) is 84.4 Å². The van der Waals surface area contributed by atoms with E-state index in [0.29, 0.717) is 11.1 Å². The first-order valence-corrected chi connectivity index (χ1v) is 8.54. The van der Waals surface area contributed by atoms with E-state index in [2.05, 4.69) is 4.98 Å². The molecule has 3 aromatic carbocycles. The van der Waals surface area contributed by atoms with Gasteiger partial charge in [0.15, 0.2) is 0 Å². The number of rotatable bonds is 3. The molecule has 132 valence electrons. The molecule has 0 radical (unpaired) electrons. The summed E-state index contributed by atoms with van der Waals surface area (Å²) in [5.74, 6) is -0.242. The number of hydrogen-bond acceptors (Lipinski definition) is 4. The maximum Gasteiger partial charge on any atom is 0.337 e. The summed E-state index contributed by atoms with van der Waals surface area (Å²) in [7, 11) is 1.36. The number of phenolic OH excluding ortho intramolecular Hbond substituents is 1. The lowest BCUT2D eigenvalue weighted by atomic mass is 9.98. The second-order valence-corrected chi connectivity index (χ2v) is 6.16. The zero-order chi connectivity index (χ0) is 18.8. The van der Waals surface area contributed by atoms with E-state index in [1.165, 1.54) is 7.11 Å². The van der Waals surface area contributed by atoms with Crippen LogP contribution in [0, 0.1) is 0 Å². The number of phenols is 1. The van der Waals surface area contributed by atoms with Crippen LogP contribution < -0.4 is 0 Å². The second kappa shape index (κ2) is 6.92. The molecule has 1 aromatic heterocycles. The molecule has 1 heterocycles. The summed E-state index contributed by atoms with van der Waals surface area (Å²) in [6, 6.07) is 24.5. The molecule has 0 aliphatic heterocycles. The van der Waals surface area contributed by atoms with Gasteiger partial charge in [-0.15, -0.1) is 0 Å². The number of esters is 1. The quantitative estimate of drug-likeness (QED) is 0.522. The average molecular weight is 355 g/mol. The van der Waals surface area contributed by atoms with Gasteiger partial charge in [0.25, 0.3) is 0 Å². The maximum absolute atomic E-state index is 11.6. The van der Waals surface area contributed by atoms with Crippen molar-refractivity contribution in [2.75, 3.05) is 7.11 Å². The Balaban J connectivity index is 1.92. The Labute approximate surface area is 156 Å². The number of para-hydroxylation sites is 1. The number of benzene rings is 3. The van der Waals surface area contributed by atoms with Crippen molar-refractivity contribution < 1.29 is 14.6 Å². The van der Waals surface area contributed by atoms with Crippen LogP contribution in [0.3, 0.4) is 0 Å². The van der Waals surface area contributed by atoms with Gasteiger partial charge in [0, 0.05) is 10.9 Å². The van der Waals surface area contributed by atoms with E-state index >= 15 is 0 Å². The lowest BCUT2D eigenvalue weighted by Gasteiger charge is -2.11. The minimum Gasteiger partial charge on any atom is -0.506 e. The van der Waals surface area contributed by atoms with E-state index in [0.717, 1.165) is 27.8 Å². The minimum atomic E-state index is -0.379. The van der Waals surface area contributed by atoms with E-state index in [1.807, 2.05) is 60.7 Å². The Bertz CT molecular complexity index is 1120. The second-order valence-electron chi connectivity index (χ2n) is 6.16. The zero-order valence-electron chi connectivity index (χ0n) is 14.7. The van der Waals surface area contributed by atoms with Crippen LogP contribution >= 0.6 is 0 Å². The molecule has 0 saturated heterocycles. The molecule has 0 atom stereocenters. The molecule has 4 heteroatoms. The van der Waals surface area contributed by atoms with Gasteiger partial charge in [0.05, 0.1) is 18.4 Å². The van der Waals surface area contributed by atoms with E-state index < -0.39 is 0 Å². The Morgan fingerprint density at radius 3 is 2.33 bits per heavy atom. The van der Waals surface area contributed by atoms with Crippen molar-refractivity contribution in [2.45, 2.75) is 0 Å². The van der Waals surface area contributed by atoms with Gasteiger partial charge < -0.3 is 9.84 Å². The smallest absolute Gasteiger partial charge is 0.337 e. The molecule has 4 rings (SSSR count). The van der Waals surface area contributed by atoms with Gasteiger partial charge in [0.1, 0.15) is 11.3 Å². The van der Waals surface area contributed by atoms with E-state index in [9.17, 15) is 9.90 Å². The van der Waals surface area contributed by atoms with Crippen LogP contribution in [0.15, 0.2) is 78.9 Å². The molecule has 0 bridgehead atoms. The van der Waals surface area contributed by atoms with E-state index in [4.69, 9.17) is 4.74 Å². The summed E-state index contributed by atoms with van der Waals surface area (Å²) in [6.45, 7) is 0. The molecule has 0 unspecified atom stereocenters. The molecule has 0 aliphatic rings. The molecule has 4 nitrogen and oxygen atoms in total. The van der Waals surface area contributed by atoms with Gasteiger partial charge >= 0.3 is 5.97 Å². The Kier molecular flexibility index (Phi) is 4.30. The lowest BCUT2D eigenvalue weighted by Crippen LogP contribution is -2.00. The number of hydrogen-bond donors (Lipinski definition) is 1. The minimum absolute atomic E-state index is 0.137. The summed E-state index contributed by atoms with van der Waals surface area (Å²) in [4.78, 5) is 16.3. The highest BCUT2D eigenvalue weighted by Gasteiger charge is 2.12. The van der Waals surface area contributed by atoms with Crippen LogP contribution in [0.25, 0.3) is 33.3 Å². The predicted octanol–water partition coefficient (Wildman–Crippen LogP) is 5.06. The number of fused-ring (bicyclic) bond motifs is 1. The lowest BCUT2D eigenvalue weighted by molar-refractivity contribution is 0.0601. The average Bonchev–Trinajstić information content (AvgIpc) is 2.73. The summed E-state index contributed by atoms with van der Waals surface area (Å²) in [5.41, 5.74) is 4.63. The first kappa shape index (κ1) is 16.8. The highest BCUT2D eigenvalue weighted by atomic mass is 16.5. The number of aromatic hydroxyl groups is 1. The van der Waals surface area contributed by atoms with Gasteiger partial charge in [-0.05, 0) is 35.4 Å². The van der Waals surface area contributed by atoms with Gasteiger partial charge in [-0.1, -0.05) is 54.6 Å². The number of nitrogens with zero attached hydrogens (tertiary/aromatic N) is 1. The zero-order valence-corrected chi connectivity index (χ0v) is 14.7. The number of carbonyl (C=O) groups is 1. The van der Waals surface area contributed by atoms with Crippen LogP contribution in [0.5, 0.6) is 5.75 Å². The number of aromatic nitrogens is 1. The Morgan fingerprint density at radius 1 is 0.889 bits per heavy atom. The monoisotopic (exact) mass is 355 g/mol. The molecule has 0 fully saturated rings. The fraction of sp³-hybridized carbons (Fsp3) is 0.0435. The normalized spacial score (nSPS) is 10.7. The van der Waals surface area contributed by atoms with Crippen molar-refractivity contribution in [2.24, 2.45) is 0 Å². The third-order valence-electron chi connectivity index (χ3n) is 4.50. The maximum atomic E-state index is 11.6. The molecule has 0 aliphatic carbocycles. The number of methoxy groups -OCH3 is 1. The van der Waals surface area contributed by atoms with Crippen molar-refractivity contribution in [3.8, 4) is 28.1 Å². The Morgan fingerprint density at radius 2 is 1.63 bits per heavy atom. The fourth-order valence-electron chi connectivity index (χ4n) is 3.13. The fourth-order valence-corrected chi connectivity index (χ4v) is 3.13. The molecule has 0 saturated carbocycles. The molecular formula is C23H17NO3. The molecular weight excluding hydrogens is 338 g/mol. The van der Waals surface area contributed by atoms with Gasteiger partial charge in [-0.2, -0.15) is 0 Å². The SMILES string of the molecule is COC(=O)c1ccc(-c2cc(-c3ccccc3)c3cccc(O)c3n2)cc1. The van der Waals surface area contributed by atoms with E-state index in [1.54, 1.807) is 18.2 Å². The van der Waals surface area contributed by atoms with Gasteiger partial charge in [-0.25, -0.2) is 9.78 Å². The highest BCUT2D eigenvalue weighted by Crippen LogP contribution is 2.35. The summed E-state index contributed by atoms with van der Waals surface area (Å²) >= 11 is 0. The van der Waals surface area contributed by atoms with Crippen molar-refractivity contribution in [3.63, 3.8) is 0 Å². The molecule has 4 aromatic rings. The molecule has 1 N–H and O–H groups in total. The first-order chi connectivity index (χ1) is 13.2. The largest absolute Gasteiger partial charge is 0.506 e. The van der Waals surface area contributed by atoms with Crippen molar-refractivity contribution in [1.82, 2.24) is 4.98 Å². The number of pyridine rings is 1. The van der Waals surface area contributed by atoms with Crippen LogP contribution in [0.1, 0.15) is 10.4 Å². The van der Waals surface area contributed by atoms with Crippen molar-refractivity contribution >= 4 is 16.9 Å². The van der Waals surface area contributed by atoms with Gasteiger partial charge in [-0.3, -0.25) is 0 Å². The standard InChI is InChI=1S/C23H17NO3/c1-27-23(26)17-12-10-16(11-13-17)20-14-19(15-6-3-2-4-7-15)18-8-5-9-21(25)22(18)24-20/h2-14,25H,1H3. The van der Waals surface area contributed by atoms with Crippen LogP contribution in [-0.4, -0.2) is 23.2 Å².